The van der Waals surface area contributed by atoms with Crippen LogP contribution in [0.3, 0.4) is 0 Å². The molecule has 0 aliphatic rings. The lowest BCUT2D eigenvalue weighted by atomic mass is 9.98. The quantitative estimate of drug-likeness (QED) is 0.288. The maximum atomic E-state index is 13.8. The lowest BCUT2D eigenvalue weighted by Gasteiger charge is -2.38. The van der Waals surface area contributed by atoms with Crippen molar-refractivity contribution in [2.24, 2.45) is 0 Å². The van der Waals surface area contributed by atoms with E-state index in [0.717, 1.165) is 30.4 Å². The molecule has 0 saturated carbocycles. The number of benzene rings is 1. The summed E-state index contributed by atoms with van der Waals surface area (Å²) in [4.78, 5) is 41.2. The zero-order valence-electron chi connectivity index (χ0n) is 21.8. The summed E-state index contributed by atoms with van der Waals surface area (Å²) >= 11 is 4.32. The van der Waals surface area contributed by atoms with Crippen molar-refractivity contribution in [1.29, 1.82) is 0 Å². The van der Waals surface area contributed by atoms with Gasteiger partial charge in [0.1, 0.15) is 17.7 Å². The first-order chi connectivity index (χ1) is 15.9. The van der Waals surface area contributed by atoms with E-state index in [1.807, 2.05) is 45.0 Å². The van der Waals surface area contributed by atoms with Crippen LogP contribution in [0, 0.1) is 6.92 Å². The molecule has 2 N–H and O–H groups in total. The van der Waals surface area contributed by atoms with Crippen molar-refractivity contribution in [2.75, 3.05) is 12.3 Å². The molecule has 0 saturated heterocycles. The lowest BCUT2D eigenvalue weighted by Crippen LogP contribution is -2.56. The van der Waals surface area contributed by atoms with E-state index < -0.39 is 23.8 Å². The molecule has 0 radical (unpaired) electrons. The van der Waals surface area contributed by atoms with Gasteiger partial charge in [0.05, 0.1) is 0 Å². The van der Waals surface area contributed by atoms with Crippen LogP contribution in [0.15, 0.2) is 24.3 Å². The predicted octanol–water partition coefficient (Wildman–Crippen LogP) is 4.79. The summed E-state index contributed by atoms with van der Waals surface area (Å²) in [5.41, 5.74) is 1.03. The van der Waals surface area contributed by atoms with Gasteiger partial charge in [-0.1, -0.05) is 56.5 Å². The summed E-state index contributed by atoms with van der Waals surface area (Å²) < 4.78 is 5.34. The van der Waals surface area contributed by atoms with Gasteiger partial charge < -0.3 is 20.3 Å². The molecule has 0 bridgehead atoms. The van der Waals surface area contributed by atoms with E-state index >= 15 is 0 Å². The Morgan fingerprint density at radius 1 is 1.15 bits per heavy atom. The molecule has 0 spiro atoms. The molecule has 34 heavy (non-hydrogen) atoms. The number of thiol groups is 1. The van der Waals surface area contributed by atoms with Gasteiger partial charge in [-0.15, -0.1) is 0 Å². The summed E-state index contributed by atoms with van der Waals surface area (Å²) in [7, 11) is 0. The van der Waals surface area contributed by atoms with Crippen molar-refractivity contribution >= 4 is 30.5 Å². The smallest absolute Gasteiger partial charge is 0.408 e. The fourth-order valence-electron chi connectivity index (χ4n) is 3.57. The first kappa shape index (κ1) is 29.8. The Labute approximate surface area is 210 Å². The Morgan fingerprint density at radius 3 is 2.35 bits per heavy atom. The third-order valence-corrected chi connectivity index (χ3v) is 5.82. The highest BCUT2D eigenvalue weighted by molar-refractivity contribution is 7.80. The van der Waals surface area contributed by atoms with Crippen molar-refractivity contribution < 1.29 is 19.1 Å². The number of nitrogens with one attached hydrogen (secondary N) is 2. The van der Waals surface area contributed by atoms with Crippen LogP contribution in [0.5, 0.6) is 0 Å². The first-order valence-corrected chi connectivity index (χ1v) is 12.8. The second-order valence-corrected chi connectivity index (χ2v) is 10.1. The van der Waals surface area contributed by atoms with Gasteiger partial charge >= 0.3 is 6.09 Å². The number of ether oxygens (including phenoxy) is 1. The fraction of sp³-hybridized carbons (Fsp3) is 0.654. The average molecular weight is 494 g/mol. The zero-order valence-corrected chi connectivity index (χ0v) is 22.7. The molecule has 0 aromatic heterocycles. The van der Waals surface area contributed by atoms with Gasteiger partial charge in [-0.05, 0) is 53.0 Å². The van der Waals surface area contributed by atoms with Crippen LogP contribution in [0.2, 0.25) is 0 Å². The van der Waals surface area contributed by atoms with Crippen molar-refractivity contribution in [3.8, 4) is 0 Å². The highest BCUT2D eigenvalue weighted by Crippen LogP contribution is 2.27. The molecule has 3 amide bonds. The van der Waals surface area contributed by atoms with E-state index in [1.165, 1.54) is 0 Å². The first-order valence-electron chi connectivity index (χ1n) is 12.2. The Bertz CT molecular complexity index is 809. The molecule has 1 aromatic carbocycles. The van der Waals surface area contributed by atoms with Crippen molar-refractivity contribution in [3.63, 3.8) is 0 Å². The van der Waals surface area contributed by atoms with Crippen LogP contribution >= 0.6 is 12.6 Å². The fourth-order valence-corrected chi connectivity index (χ4v) is 3.82. The number of nitrogens with zero attached hydrogens (tertiary/aromatic N) is 1. The Morgan fingerprint density at radius 2 is 1.82 bits per heavy atom. The van der Waals surface area contributed by atoms with Crippen molar-refractivity contribution in [2.45, 2.75) is 97.9 Å². The van der Waals surface area contributed by atoms with Crippen LogP contribution in [0.25, 0.3) is 0 Å². The second-order valence-electron chi connectivity index (χ2n) is 9.70. The van der Waals surface area contributed by atoms with Crippen LogP contribution in [-0.2, 0) is 14.3 Å². The Balaban J connectivity index is 3.34. The molecule has 3 unspecified atom stereocenters. The number of carbonyl (C=O) groups excluding carboxylic acids is 3. The minimum Gasteiger partial charge on any atom is -0.444 e. The lowest BCUT2D eigenvalue weighted by molar-refractivity contribution is -0.144. The number of carbonyl (C=O) groups is 3. The van der Waals surface area contributed by atoms with Crippen molar-refractivity contribution in [3.05, 3.63) is 35.4 Å². The van der Waals surface area contributed by atoms with Gasteiger partial charge in [0.25, 0.3) is 0 Å². The van der Waals surface area contributed by atoms with Gasteiger partial charge in [0.15, 0.2) is 0 Å². The summed E-state index contributed by atoms with van der Waals surface area (Å²) in [6.07, 6.45) is 2.89. The number of rotatable bonds is 12. The highest BCUT2D eigenvalue weighted by Gasteiger charge is 2.38. The summed E-state index contributed by atoms with van der Waals surface area (Å²) in [6, 6.07) is 5.62. The summed E-state index contributed by atoms with van der Waals surface area (Å²) in [5.74, 6) is -0.528. The van der Waals surface area contributed by atoms with E-state index in [0.29, 0.717) is 13.0 Å². The summed E-state index contributed by atoms with van der Waals surface area (Å²) in [5, 5.41) is 5.65. The molecule has 0 heterocycles. The number of amides is 3. The van der Waals surface area contributed by atoms with Gasteiger partial charge in [-0.25, -0.2) is 4.79 Å². The normalized spacial score (nSPS) is 14.0. The predicted molar refractivity (Wildman–Crippen MR) is 140 cm³/mol. The van der Waals surface area contributed by atoms with Gasteiger partial charge in [-0.3, -0.25) is 9.59 Å². The molecular formula is C26H43N3O4S. The van der Waals surface area contributed by atoms with Crippen LogP contribution in [-0.4, -0.2) is 52.8 Å². The number of unbranched alkanes of at least 4 members (excludes halogenated alkanes) is 2. The molecule has 1 aromatic rings. The second kappa shape index (κ2) is 14.2. The molecule has 0 aliphatic heterocycles. The molecular weight excluding hydrogens is 450 g/mol. The molecule has 0 aliphatic carbocycles. The number of aryl methyl sites for hydroxylation is 1. The minimum absolute atomic E-state index is 0.0731. The zero-order chi connectivity index (χ0) is 25.9. The number of hydrogen-bond acceptors (Lipinski definition) is 5. The monoisotopic (exact) mass is 493 g/mol. The largest absolute Gasteiger partial charge is 0.444 e. The minimum atomic E-state index is -0.938. The Hall–Kier alpha value is -2.22. The van der Waals surface area contributed by atoms with Crippen LogP contribution in [0.4, 0.5) is 4.79 Å². The molecule has 0 fully saturated rings. The van der Waals surface area contributed by atoms with Gasteiger partial charge in [-0.2, -0.15) is 12.6 Å². The summed E-state index contributed by atoms with van der Waals surface area (Å²) in [6.45, 7) is 13.8. The van der Waals surface area contributed by atoms with E-state index in [9.17, 15) is 14.4 Å². The third-order valence-electron chi connectivity index (χ3n) is 5.46. The SMILES string of the molecule is CCCCCNC(=O)C(c1cccc(C)c1)N(C(=O)C(CS)NC(=O)OC(C)(C)C)C(C)CC. The van der Waals surface area contributed by atoms with Crippen LogP contribution in [0.1, 0.15) is 84.4 Å². The van der Waals surface area contributed by atoms with Crippen molar-refractivity contribution in [1.82, 2.24) is 15.5 Å². The van der Waals surface area contributed by atoms with E-state index in [1.54, 1.807) is 25.7 Å². The number of alkyl carbamates (subject to hydrolysis) is 1. The van der Waals surface area contributed by atoms with E-state index in [4.69, 9.17) is 4.74 Å². The number of hydrogen-bond donors (Lipinski definition) is 3. The molecule has 7 nitrogen and oxygen atoms in total. The highest BCUT2D eigenvalue weighted by atomic mass is 32.1. The molecule has 192 valence electrons. The molecule has 3 atom stereocenters. The van der Waals surface area contributed by atoms with Gasteiger partial charge in [0, 0.05) is 18.3 Å². The third kappa shape index (κ3) is 9.57. The van der Waals surface area contributed by atoms with Gasteiger partial charge in [0.2, 0.25) is 11.8 Å². The molecule has 8 heteroatoms. The topological polar surface area (TPSA) is 87.7 Å². The van der Waals surface area contributed by atoms with Crippen LogP contribution < -0.4 is 10.6 Å². The maximum Gasteiger partial charge on any atom is 0.408 e. The Kier molecular flexibility index (Phi) is 12.5. The molecule has 1 rings (SSSR count). The maximum absolute atomic E-state index is 13.8. The standard InChI is InChI=1S/C26H43N3O4S/c1-8-10-11-15-27-23(30)22(20-14-12-13-18(3)16-20)29(19(4)9-2)24(31)21(17-34)28-25(32)33-26(5,6)7/h12-14,16,19,21-22,34H,8-11,15,17H2,1-7H3,(H,27,30)(H,28,32). The van der Waals surface area contributed by atoms with E-state index in [2.05, 4.69) is 30.2 Å². The average Bonchev–Trinajstić information content (AvgIpc) is 2.76. The van der Waals surface area contributed by atoms with E-state index in [-0.39, 0.29) is 23.6 Å².